The first-order valence-electron chi connectivity index (χ1n) is 7.62. The molecule has 1 aliphatic rings. The van der Waals surface area contributed by atoms with Crippen LogP contribution < -0.4 is 5.32 Å². The van der Waals surface area contributed by atoms with Crippen molar-refractivity contribution in [3.8, 4) is 0 Å². The third kappa shape index (κ3) is 4.01. The summed E-state index contributed by atoms with van der Waals surface area (Å²) in [5.74, 6) is -0.434. The Labute approximate surface area is 156 Å². The van der Waals surface area contributed by atoms with E-state index in [2.05, 4.69) is 5.32 Å². The zero-order chi connectivity index (χ0) is 18.0. The molecule has 2 aromatic rings. The van der Waals surface area contributed by atoms with E-state index in [1.165, 1.54) is 34.6 Å². The van der Waals surface area contributed by atoms with E-state index >= 15 is 0 Å². The van der Waals surface area contributed by atoms with E-state index in [1.807, 2.05) is 0 Å². The third-order valence-electron chi connectivity index (χ3n) is 4.08. The minimum atomic E-state index is -3.87. The molecule has 1 unspecified atom stereocenters. The molecule has 1 saturated heterocycles. The van der Waals surface area contributed by atoms with Crippen LogP contribution in [0, 0.1) is 15.9 Å². The molecular formula is C16H17ClFN3O4S. The highest BCUT2D eigenvalue weighted by molar-refractivity contribution is 7.89. The predicted molar refractivity (Wildman–Crippen MR) is 96.2 cm³/mol. The van der Waals surface area contributed by atoms with Crippen molar-refractivity contribution in [3.63, 3.8) is 0 Å². The lowest BCUT2D eigenvalue weighted by atomic mass is 10.1. The van der Waals surface area contributed by atoms with Gasteiger partial charge < -0.3 is 5.32 Å². The first-order valence-corrected chi connectivity index (χ1v) is 9.06. The number of nitrogens with zero attached hydrogens (tertiary/aromatic N) is 2. The molecule has 140 valence electrons. The molecule has 1 N–H and O–H groups in total. The van der Waals surface area contributed by atoms with Gasteiger partial charge in [-0.05, 0) is 29.8 Å². The molecule has 0 aliphatic carbocycles. The fraction of sp³-hybridized carbons (Fsp3) is 0.250. The Morgan fingerprint density at radius 2 is 1.88 bits per heavy atom. The van der Waals surface area contributed by atoms with Crippen molar-refractivity contribution in [1.82, 2.24) is 9.62 Å². The fourth-order valence-corrected chi connectivity index (χ4v) is 4.46. The lowest BCUT2D eigenvalue weighted by molar-refractivity contribution is -0.384. The number of piperazine rings is 1. The summed E-state index contributed by atoms with van der Waals surface area (Å²) in [6, 6.07) is 10.0. The number of non-ortho nitro benzene ring substituents is 1. The van der Waals surface area contributed by atoms with Crippen LogP contribution in [0.1, 0.15) is 11.6 Å². The molecule has 10 heteroatoms. The van der Waals surface area contributed by atoms with Crippen LogP contribution in [0.15, 0.2) is 53.4 Å². The van der Waals surface area contributed by atoms with E-state index in [0.717, 1.165) is 12.1 Å². The summed E-state index contributed by atoms with van der Waals surface area (Å²) in [5, 5.41) is 13.8. The number of nitrogens with one attached hydrogen (secondary N) is 1. The van der Waals surface area contributed by atoms with Gasteiger partial charge in [-0.2, -0.15) is 4.31 Å². The molecule has 7 nitrogen and oxygen atoms in total. The number of halogens is 2. The summed E-state index contributed by atoms with van der Waals surface area (Å²) in [4.78, 5) is 10.1. The molecule has 0 saturated carbocycles. The van der Waals surface area contributed by atoms with E-state index in [9.17, 15) is 22.9 Å². The molecular weight excluding hydrogens is 385 g/mol. The zero-order valence-electron chi connectivity index (χ0n) is 13.5. The number of nitro benzene ring substituents is 1. The molecule has 1 fully saturated rings. The van der Waals surface area contributed by atoms with Crippen LogP contribution in [0.5, 0.6) is 0 Å². The summed E-state index contributed by atoms with van der Waals surface area (Å²) in [6.07, 6.45) is 0. The number of nitro groups is 1. The van der Waals surface area contributed by atoms with Gasteiger partial charge in [0.2, 0.25) is 10.0 Å². The molecule has 0 spiro atoms. The van der Waals surface area contributed by atoms with E-state index in [-0.39, 0.29) is 29.5 Å². The maximum absolute atomic E-state index is 13.5. The third-order valence-corrected chi connectivity index (χ3v) is 6.00. The van der Waals surface area contributed by atoms with Crippen molar-refractivity contribution in [3.05, 3.63) is 70.0 Å². The zero-order valence-corrected chi connectivity index (χ0v) is 15.2. The van der Waals surface area contributed by atoms with E-state index in [4.69, 9.17) is 0 Å². The van der Waals surface area contributed by atoms with Gasteiger partial charge in [0.15, 0.2) is 0 Å². The maximum atomic E-state index is 13.5. The minimum absolute atomic E-state index is 0. The van der Waals surface area contributed by atoms with Gasteiger partial charge in [-0.15, -0.1) is 12.4 Å². The number of hydrogen-bond donors (Lipinski definition) is 1. The molecule has 26 heavy (non-hydrogen) atoms. The lowest BCUT2D eigenvalue weighted by Crippen LogP contribution is -2.48. The molecule has 3 rings (SSSR count). The summed E-state index contributed by atoms with van der Waals surface area (Å²) < 4.78 is 40.8. The van der Waals surface area contributed by atoms with E-state index in [0.29, 0.717) is 18.7 Å². The monoisotopic (exact) mass is 401 g/mol. The van der Waals surface area contributed by atoms with Crippen molar-refractivity contribution >= 4 is 28.1 Å². The molecule has 2 aromatic carbocycles. The Hall–Kier alpha value is -2.07. The second kappa shape index (κ2) is 8.09. The maximum Gasteiger partial charge on any atom is 0.269 e. The van der Waals surface area contributed by atoms with Crippen LogP contribution in [0.4, 0.5) is 10.1 Å². The molecule has 0 bridgehead atoms. The van der Waals surface area contributed by atoms with Gasteiger partial charge in [-0.3, -0.25) is 10.1 Å². The van der Waals surface area contributed by atoms with Gasteiger partial charge in [-0.1, -0.05) is 12.1 Å². The average Bonchev–Trinajstić information content (AvgIpc) is 2.62. The molecule has 1 aliphatic heterocycles. The standard InChI is InChI=1S/C16H16FN3O4S.ClH/c17-13-3-1-2-12(10-13)16-11-18-8-9-19(16)25(23,24)15-6-4-14(5-7-15)20(21)22;/h1-7,10,16,18H,8-9,11H2;1H. The quantitative estimate of drug-likeness (QED) is 0.627. The first kappa shape index (κ1) is 20.2. The molecule has 0 aromatic heterocycles. The molecule has 1 atom stereocenters. The lowest BCUT2D eigenvalue weighted by Gasteiger charge is -2.35. The van der Waals surface area contributed by atoms with Gasteiger partial charge in [-0.25, -0.2) is 12.8 Å². The van der Waals surface area contributed by atoms with Crippen LogP contribution in [-0.4, -0.2) is 37.3 Å². The summed E-state index contributed by atoms with van der Waals surface area (Å²) >= 11 is 0. The fourth-order valence-electron chi connectivity index (χ4n) is 2.85. The summed E-state index contributed by atoms with van der Waals surface area (Å²) in [5.41, 5.74) is 0.374. The summed E-state index contributed by atoms with van der Waals surface area (Å²) in [6.45, 7) is 1.05. The van der Waals surface area contributed by atoms with Crippen LogP contribution in [0.3, 0.4) is 0 Å². The van der Waals surface area contributed by atoms with E-state index < -0.39 is 26.8 Å². The van der Waals surface area contributed by atoms with Crippen molar-refractivity contribution < 1.29 is 17.7 Å². The van der Waals surface area contributed by atoms with Crippen LogP contribution in [0.2, 0.25) is 0 Å². The second-order valence-electron chi connectivity index (χ2n) is 5.64. The van der Waals surface area contributed by atoms with Crippen molar-refractivity contribution in [1.29, 1.82) is 0 Å². The Kier molecular flexibility index (Phi) is 6.30. The van der Waals surface area contributed by atoms with Gasteiger partial charge in [0.05, 0.1) is 15.9 Å². The van der Waals surface area contributed by atoms with Gasteiger partial charge >= 0.3 is 0 Å². The SMILES string of the molecule is Cl.O=[N+]([O-])c1ccc(S(=O)(=O)N2CCNCC2c2cccc(F)c2)cc1. The second-order valence-corrected chi connectivity index (χ2v) is 7.53. The Morgan fingerprint density at radius 1 is 1.19 bits per heavy atom. The summed E-state index contributed by atoms with van der Waals surface area (Å²) in [7, 11) is -3.87. The topological polar surface area (TPSA) is 92.5 Å². The number of hydrogen-bond acceptors (Lipinski definition) is 5. The first-order chi connectivity index (χ1) is 11.9. The number of sulfonamides is 1. The van der Waals surface area contributed by atoms with Crippen molar-refractivity contribution in [2.24, 2.45) is 0 Å². The highest BCUT2D eigenvalue weighted by Crippen LogP contribution is 2.29. The van der Waals surface area contributed by atoms with Crippen LogP contribution >= 0.6 is 12.4 Å². The molecule has 0 amide bonds. The molecule has 0 radical (unpaired) electrons. The average molecular weight is 402 g/mol. The van der Waals surface area contributed by atoms with Gasteiger partial charge in [0.1, 0.15) is 5.82 Å². The number of benzene rings is 2. The Morgan fingerprint density at radius 3 is 2.50 bits per heavy atom. The van der Waals surface area contributed by atoms with Gasteiger partial charge in [0, 0.05) is 31.8 Å². The van der Waals surface area contributed by atoms with Crippen LogP contribution in [-0.2, 0) is 10.0 Å². The smallest absolute Gasteiger partial charge is 0.269 e. The highest BCUT2D eigenvalue weighted by atomic mass is 35.5. The predicted octanol–water partition coefficient (Wildman–Crippen LogP) is 2.49. The number of rotatable bonds is 4. The Balaban J connectivity index is 0.00000243. The highest BCUT2D eigenvalue weighted by Gasteiger charge is 2.34. The minimum Gasteiger partial charge on any atom is -0.313 e. The van der Waals surface area contributed by atoms with Crippen molar-refractivity contribution in [2.45, 2.75) is 10.9 Å². The van der Waals surface area contributed by atoms with Crippen molar-refractivity contribution in [2.75, 3.05) is 19.6 Å². The Bertz CT molecular complexity index is 893. The largest absolute Gasteiger partial charge is 0.313 e. The molecule has 1 heterocycles. The normalized spacial score (nSPS) is 18.1. The van der Waals surface area contributed by atoms with Crippen LogP contribution in [0.25, 0.3) is 0 Å². The van der Waals surface area contributed by atoms with E-state index in [1.54, 1.807) is 6.07 Å². The van der Waals surface area contributed by atoms with Gasteiger partial charge in [0.25, 0.3) is 5.69 Å².